The maximum atomic E-state index is 11.9. The van der Waals surface area contributed by atoms with Crippen molar-refractivity contribution < 1.29 is 9.90 Å². The molecular weight excluding hydrogens is 228 g/mol. The molecule has 0 aliphatic rings. The molecule has 4 nitrogen and oxygen atoms in total. The average molecular weight is 250 g/mol. The van der Waals surface area contributed by atoms with E-state index < -0.39 is 11.6 Å². The molecule has 0 aromatic heterocycles. The SMILES string of the molecule is CCC(C)(CO)NC(=O)C(N)Cc1ccccc1. The van der Waals surface area contributed by atoms with Crippen LogP contribution in [0.25, 0.3) is 0 Å². The first-order valence-electron chi connectivity index (χ1n) is 6.23. The van der Waals surface area contributed by atoms with Gasteiger partial charge in [-0.15, -0.1) is 0 Å². The van der Waals surface area contributed by atoms with Crippen LogP contribution in [0.1, 0.15) is 25.8 Å². The van der Waals surface area contributed by atoms with Gasteiger partial charge in [-0.2, -0.15) is 0 Å². The molecule has 0 saturated carbocycles. The molecule has 4 N–H and O–H groups in total. The monoisotopic (exact) mass is 250 g/mol. The summed E-state index contributed by atoms with van der Waals surface area (Å²) in [6.07, 6.45) is 1.16. The molecule has 0 fully saturated rings. The maximum absolute atomic E-state index is 11.9. The van der Waals surface area contributed by atoms with Crippen LogP contribution in [0.2, 0.25) is 0 Å². The summed E-state index contributed by atoms with van der Waals surface area (Å²) in [6, 6.07) is 9.06. The lowest BCUT2D eigenvalue weighted by Gasteiger charge is -2.28. The summed E-state index contributed by atoms with van der Waals surface area (Å²) in [4.78, 5) is 11.9. The summed E-state index contributed by atoms with van der Waals surface area (Å²) in [5.41, 5.74) is 6.31. The van der Waals surface area contributed by atoms with Gasteiger partial charge in [0.25, 0.3) is 0 Å². The zero-order chi connectivity index (χ0) is 13.6. The fourth-order valence-corrected chi connectivity index (χ4v) is 1.59. The number of nitrogens with two attached hydrogens (primary N) is 1. The molecule has 0 aliphatic heterocycles. The zero-order valence-corrected chi connectivity index (χ0v) is 11.0. The molecule has 0 spiro atoms. The summed E-state index contributed by atoms with van der Waals surface area (Å²) >= 11 is 0. The molecule has 100 valence electrons. The molecule has 0 radical (unpaired) electrons. The highest BCUT2D eigenvalue weighted by molar-refractivity contribution is 5.82. The Labute approximate surface area is 108 Å². The van der Waals surface area contributed by atoms with Crippen molar-refractivity contribution in [2.24, 2.45) is 5.73 Å². The number of hydrogen-bond acceptors (Lipinski definition) is 3. The standard InChI is InChI=1S/C14H22N2O2/c1-3-14(2,10-17)16-13(18)12(15)9-11-7-5-4-6-8-11/h4-8,12,17H,3,9-10,15H2,1-2H3,(H,16,18). The normalized spacial score (nSPS) is 15.8. The highest BCUT2D eigenvalue weighted by Gasteiger charge is 2.25. The van der Waals surface area contributed by atoms with Crippen LogP contribution in [0.3, 0.4) is 0 Å². The number of carbonyl (C=O) groups excluding carboxylic acids is 1. The van der Waals surface area contributed by atoms with Gasteiger partial charge in [0.15, 0.2) is 0 Å². The third-order valence-electron chi connectivity index (χ3n) is 3.19. The van der Waals surface area contributed by atoms with Gasteiger partial charge in [-0.05, 0) is 25.3 Å². The van der Waals surface area contributed by atoms with Crippen LogP contribution in [-0.2, 0) is 11.2 Å². The Balaban J connectivity index is 2.57. The number of benzene rings is 1. The Kier molecular flexibility index (Phi) is 5.31. The first-order valence-corrected chi connectivity index (χ1v) is 6.23. The Hall–Kier alpha value is -1.39. The van der Waals surface area contributed by atoms with Gasteiger partial charge in [0.1, 0.15) is 0 Å². The molecular formula is C14H22N2O2. The van der Waals surface area contributed by atoms with Crippen molar-refractivity contribution in [1.82, 2.24) is 5.32 Å². The molecule has 0 saturated heterocycles. The summed E-state index contributed by atoms with van der Waals surface area (Å²) < 4.78 is 0. The molecule has 0 heterocycles. The van der Waals surface area contributed by atoms with Crippen molar-refractivity contribution in [2.75, 3.05) is 6.61 Å². The molecule has 0 bridgehead atoms. The summed E-state index contributed by atoms with van der Waals surface area (Å²) in [6.45, 7) is 3.63. The number of hydrogen-bond donors (Lipinski definition) is 3. The van der Waals surface area contributed by atoms with Crippen molar-refractivity contribution >= 4 is 5.91 Å². The van der Waals surface area contributed by atoms with Crippen molar-refractivity contribution in [3.8, 4) is 0 Å². The summed E-state index contributed by atoms with van der Waals surface area (Å²) in [5, 5.41) is 12.0. The van der Waals surface area contributed by atoms with E-state index >= 15 is 0 Å². The smallest absolute Gasteiger partial charge is 0.237 e. The Morgan fingerprint density at radius 1 is 1.44 bits per heavy atom. The quantitative estimate of drug-likeness (QED) is 0.700. The molecule has 0 aliphatic carbocycles. The predicted molar refractivity (Wildman–Crippen MR) is 72.0 cm³/mol. The summed E-state index contributed by atoms with van der Waals surface area (Å²) in [5.74, 6) is -0.225. The number of nitrogens with one attached hydrogen (secondary N) is 1. The second kappa shape index (κ2) is 6.52. The molecule has 1 aromatic rings. The van der Waals surface area contributed by atoms with E-state index in [0.29, 0.717) is 12.8 Å². The minimum atomic E-state index is -0.593. The average Bonchev–Trinajstić information content (AvgIpc) is 2.39. The van der Waals surface area contributed by atoms with Crippen LogP contribution >= 0.6 is 0 Å². The Bertz CT molecular complexity index is 375. The molecule has 1 aromatic carbocycles. The van der Waals surface area contributed by atoms with Crippen LogP contribution in [0, 0.1) is 0 Å². The van der Waals surface area contributed by atoms with Gasteiger partial charge < -0.3 is 16.2 Å². The molecule has 2 unspecified atom stereocenters. The van der Waals surface area contributed by atoms with Crippen molar-refractivity contribution in [1.29, 1.82) is 0 Å². The minimum absolute atomic E-state index is 0.0900. The van der Waals surface area contributed by atoms with E-state index in [1.54, 1.807) is 6.92 Å². The van der Waals surface area contributed by atoms with E-state index in [4.69, 9.17) is 5.73 Å². The fraction of sp³-hybridized carbons (Fsp3) is 0.500. The maximum Gasteiger partial charge on any atom is 0.237 e. The Morgan fingerprint density at radius 2 is 2.06 bits per heavy atom. The first-order chi connectivity index (χ1) is 8.50. The number of aliphatic hydroxyl groups excluding tert-OH is 1. The number of amides is 1. The molecule has 1 amide bonds. The number of aliphatic hydroxyl groups is 1. The topological polar surface area (TPSA) is 75.3 Å². The molecule has 1 rings (SSSR count). The van der Waals surface area contributed by atoms with Gasteiger partial charge in [-0.25, -0.2) is 0 Å². The van der Waals surface area contributed by atoms with E-state index in [9.17, 15) is 9.90 Å². The van der Waals surface area contributed by atoms with Crippen LogP contribution < -0.4 is 11.1 Å². The third-order valence-corrected chi connectivity index (χ3v) is 3.19. The van der Waals surface area contributed by atoms with Crippen LogP contribution in [0.15, 0.2) is 30.3 Å². The van der Waals surface area contributed by atoms with Crippen molar-refractivity contribution in [3.63, 3.8) is 0 Å². The number of rotatable bonds is 6. The largest absolute Gasteiger partial charge is 0.394 e. The van der Waals surface area contributed by atoms with Gasteiger partial charge in [-0.3, -0.25) is 4.79 Å². The molecule has 18 heavy (non-hydrogen) atoms. The van der Waals surface area contributed by atoms with Gasteiger partial charge in [0.2, 0.25) is 5.91 Å². The predicted octanol–water partition coefficient (Wildman–Crippen LogP) is 0.834. The van der Waals surface area contributed by atoms with Crippen LogP contribution in [0.4, 0.5) is 0 Å². The minimum Gasteiger partial charge on any atom is -0.394 e. The lowest BCUT2D eigenvalue weighted by atomic mass is 9.98. The third kappa shape index (κ3) is 4.13. The first kappa shape index (κ1) is 14.7. The van der Waals surface area contributed by atoms with E-state index in [1.807, 2.05) is 37.3 Å². The van der Waals surface area contributed by atoms with Gasteiger partial charge in [0, 0.05) is 0 Å². The van der Waals surface area contributed by atoms with E-state index in [0.717, 1.165) is 5.56 Å². The highest BCUT2D eigenvalue weighted by Crippen LogP contribution is 2.09. The molecule has 2 atom stereocenters. The van der Waals surface area contributed by atoms with Crippen LogP contribution in [0.5, 0.6) is 0 Å². The fourth-order valence-electron chi connectivity index (χ4n) is 1.59. The van der Waals surface area contributed by atoms with Crippen molar-refractivity contribution in [3.05, 3.63) is 35.9 Å². The van der Waals surface area contributed by atoms with Crippen LogP contribution in [-0.4, -0.2) is 29.2 Å². The second-order valence-electron chi connectivity index (χ2n) is 4.86. The van der Waals surface area contributed by atoms with E-state index in [1.165, 1.54) is 0 Å². The lowest BCUT2D eigenvalue weighted by molar-refractivity contribution is -0.124. The lowest BCUT2D eigenvalue weighted by Crippen LogP contribution is -2.54. The molecule has 4 heteroatoms. The van der Waals surface area contributed by atoms with Gasteiger partial charge in [-0.1, -0.05) is 37.3 Å². The highest BCUT2D eigenvalue weighted by atomic mass is 16.3. The van der Waals surface area contributed by atoms with Gasteiger partial charge >= 0.3 is 0 Å². The summed E-state index contributed by atoms with van der Waals surface area (Å²) in [7, 11) is 0. The zero-order valence-electron chi connectivity index (χ0n) is 11.0. The van der Waals surface area contributed by atoms with E-state index in [-0.39, 0.29) is 12.5 Å². The van der Waals surface area contributed by atoms with Gasteiger partial charge in [0.05, 0.1) is 18.2 Å². The van der Waals surface area contributed by atoms with Crippen molar-refractivity contribution in [2.45, 2.75) is 38.3 Å². The van der Waals surface area contributed by atoms with E-state index in [2.05, 4.69) is 5.32 Å². The second-order valence-corrected chi connectivity index (χ2v) is 4.86. The Morgan fingerprint density at radius 3 is 2.56 bits per heavy atom. The number of carbonyl (C=O) groups is 1.